The number of rotatable bonds is 2. The standard InChI is InChI=1S/C15H11Cl2N3O2/c1-7-13-10(9-4-3-8(16)5-11(9)17)6-12(15(21)22)18-14(13)20(2)19-7/h3-6H,1-2H3,(H,21,22). The Labute approximate surface area is 136 Å². The summed E-state index contributed by atoms with van der Waals surface area (Å²) in [6.07, 6.45) is 0. The van der Waals surface area contributed by atoms with E-state index in [9.17, 15) is 9.90 Å². The summed E-state index contributed by atoms with van der Waals surface area (Å²) in [5, 5.41) is 15.3. The van der Waals surface area contributed by atoms with Crippen LogP contribution in [0.25, 0.3) is 22.2 Å². The van der Waals surface area contributed by atoms with Gasteiger partial charge >= 0.3 is 5.97 Å². The summed E-state index contributed by atoms with van der Waals surface area (Å²) in [4.78, 5) is 15.5. The van der Waals surface area contributed by atoms with Gasteiger partial charge < -0.3 is 5.11 Å². The summed E-state index contributed by atoms with van der Waals surface area (Å²) in [5.41, 5.74) is 2.56. The fourth-order valence-electron chi connectivity index (χ4n) is 2.47. The first-order chi connectivity index (χ1) is 10.4. The fraction of sp³-hybridized carbons (Fsp3) is 0.133. The molecular weight excluding hydrogens is 325 g/mol. The maximum absolute atomic E-state index is 11.3. The van der Waals surface area contributed by atoms with E-state index in [1.807, 2.05) is 6.92 Å². The summed E-state index contributed by atoms with van der Waals surface area (Å²) in [5.74, 6) is -1.10. The van der Waals surface area contributed by atoms with Crippen LogP contribution in [0.15, 0.2) is 24.3 Å². The molecule has 5 nitrogen and oxygen atoms in total. The van der Waals surface area contributed by atoms with Crippen molar-refractivity contribution >= 4 is 40.2 Å². The number of aromatic nitrogens is 3. The Balaban J connectivity index is 2.43. The Kier molecular flexibility index (Phi) is 3.54. The molecule has 0 aliphatic carbocycles. The predicted octanol–water partition coefficient (Wildman–Crippen LogP) is 3.95. The zero-order chi connectivity index (χ0) is 16.0. The number of carboxylic acid groups (broad SMARTS) is 1. The van der Waals surface area contributed by atoms with Gasteiger partial charge in [0.05, 0.1) is 5.69 Å². The first kappa shape index (κ1) is 14.8. The maximum atomic E-state index is 11.3. The number of benzene rings is 1. The van der Waals surface area contributed by atoms with Gasteiger partial charge in [0.2, 0.25) is 0 Å². The third kappa shape index (κ3) is 2.32. The lowest BCUT2D eigenvalue weighted by molar-refractivity contribution is 0.0691. The van der Waals surface area contributed by atoms with Gasteiger partial charge in [-0.25, -0.2) is 9.78 Å². The summed E-state index contributed by atoms with van der Waals surface area (Å²) in [6, 6.07) is 6.60. The highest BCUT2D eigenvalue weighted by atomic mass is 35.5. The van der Waals surface area contributed by atoms with Crippen molar-refractivity contribution in [1.82, 2.24) is 14.8 Å². The van der Waals surface area contributed by atoms with Crippen LogP contribution in [0.2, 0.25) is 10.0 Å². The number of hydrogen-bond donors (Lipinski definition) is 1. The lowest BCUT2D eigenvalue weighted by atomic mass is 10.0. The fourth-order valence-corrected chi connectivity index (χ4v) is 2.99. The van der Waals surface area contributed by atoms with Gasteiger partial charge in [-0.1, -0.05) is 29.3 Å². The second-order valence-corrected chi connectivity index (χ2v) is 5.74. The van der Waals surface area contributed by atoms with Crippen LogP contribution in [0.1, 0.15) is 16.2 Å². The van der Waals surface area contributed by atoms with Crippen molar-refractivity contribution in [3.63, 3.8) is 0 Å². The zero-order valence-corrected chi connectivity index (χ0v) is 13.3. The molecule has 0 saturated carbocycles. The molecule has 0 aliphatic rings. The molecule has 0 spiro atoms. The van der Waals surface area contributed by atoms with Crippen molar-refractivity contribution in [1.29, 1.82) is 0 Å². The largest absolute Gasteiger partial charge is 0.477 e. The molecule has 112 valence electrons. The van der Waals surface area contributed by atoms with Gasteiger partial charge in [0, 0.05) is 28.0 Å². The number of carbonyl (C=O) groups is 1. The van der Waals surface area contributed by atoms with Gasteiger partial charge in [-0.2, -0.15) is 5.10 Å². The number of aryl methyl sites for hydroxylation is 2. The van der Waals surface area contributed by atoms with Gasteiger partial charge in [0.25, 0.3) is 0 Å². The van der Waals surface area contributed by atoms with Gasteiger partial charge in [0.1, 0.15) is 0 Å². The Hall–Kier alpha value is -2.11. The van der Waals surface area contributed by atoms with Gasteiger partial charge in [-0.3, -0.25) is 4.68 Å². The van der Waals surface area contributed by atoms with Crippen LogP contribution in [0.3, 0.4) is 0 Å². The average molecular weight is 336 g/mol. The van der Waals surface area contributed by atoms with Crippen molar-refractivity contribution in [2.75, 3.05) is 0 Å². The molecule has 0 bridgehead atoms. The molecule has 0 unspecified atom stereocenters. The highest BCUT2D eigenvalue weighted by Gasteiger charge is 2.19. The van der Waals surface area contributed by atoms with Crippen molar-refractivity contribution in [2.45, 2.75) is 6.92 Å². The number of halogens is 2. The summed E-state index contributed by atoms with van der Waals surface area (Å²) >= 11 is 12.2. The van der Waals surface area contributed by atoms with Gasteiger partial charge in [-0.05, 0) is 30.7 Å². The molecule has 22 heavy (non-hydrogen) atoms. The number of fused-ring (bicyclic) bond motifs is 1. The summed E-state index contributed by atoms with van der Waals surface area (Å²) < 4.78 is 1.56. The molecule has 7 heteroatoms. The SMILES string of the molecule is Cc1nn(C)c2nc(C(=O)O)cc(-c3ccc(Cl)cc3Cl)c12. The zero-order valence-electron chi connectivity index (χ0n) is 11.8. The van der Waals surface area contributed by atoms with Crippen molar-refractivity contribution in [2.24, 2.45) is 7.05 Å². The van der Waals surface area contributed by atoms with Crippen molar-refractivity contribution in [3.8, 4) is 11.1 Å². The highest BCUT2D eigenvalue weighted by Crippen LogP contribution is 2.36. The third-order valence-electron chi connectivity index (χ3n) is 3.41. The Morgan fingerprint density at radius 1 is 1.23 bits per heavy atom. The molecular formula is C15H11Cl2N3O2. The smallest absolute Gasteiger partial charge is 0.354 e. The molecule has 3 rings (SSSR count). The normalized spacial score (nSPS) is 11.1. The van der Waals surface area contributed by atoms with Crippen LogP contribution in [0.5, 0.6) is 0 Å². The van der Waals surface area contributed by atoms with Crippen LogP contribution in [0, 0.1) is 6.92 Å². The second-order valence-electron chi connectivity index (χ2n) is 4.89. The molecule has 3 aromatic rings. The number of aromatic carboxylic acids is 1. The molecule has 1 N–H and O–H groups in total. The minimum atomic E-state index is -1.10. The van der Waals surface area contributed by atoms with Crippen molar-refractivity contribution in [3.05, 3.63) is 45.7 Å². The summed E-state index contributed by atoms with van der Waals surface area (Å²) in [7, 11) is 1.72. The molecule has 0 radical (unpaired) electrons. The van der Waals surface area contributed by atoms with Crippen molar-refractivity contribution < 1.29 is 9.90 Å². The van der Waals surface area contributed by atoms with E-state index in [-0.39, 0.29) is 5.69 Å². The van der Waals surface area contributed by atoms with Crippen LogP contribution in [-0.4, -0.2) is 25.8 Å². The molecule has 2 aromatic heterocycles. The minimum Gasteiger partial charge on any atom is -0.477 e. The lowest BCUT2D eigenvalue weighted by Crippen LogP contribution is -2.03. The molecule has 1 aromatic carbocycles. The monoisotopic (exact) mass is 335 g/mol. The predicted molar refractivity (Wildman–Crippen MR) is 85.7 cm³/mol. The van der Waals surface area contributed by atoms with Crippen LogP contribution in [-0.2, 0) is 7.05 Å². The minimum absolute atomic E-state index is 0.0588. The lowest BCUT2D eigenvalue weighted by Gasteiger charge is -2.08. The average Bonchev–Trinajstić information content (AvgIpc) is 2.73. The Morgan fingerprint density at radius 2 is 1.95 bits per heavy atom. The first-order valence-corrected chi connectivity index (χ1v) is 7.17. The number of nitrogens with zero attached hydrogens (tertiary/aromatic N) is 3. The second kappa shape index (κ2) is 5.26. The van der Waals surface area contributed by atoms with E-state index in [1.54, 1.807) is 29.9 Å². The van der Waals surface area contributed by atoms with Gasteiger partial charge in [-0.15, -0.1) is 0 Å². The van der Waals surface area contributed by atoms with E-state index in [4.69, 9.17) is 23.2 Å². The molecule has 0 atom stereocenters. The molecule has 0 fully saturated rings. The molecule has 0 aliphatic heterocycles. The first-order valence-electron chi connectivity index (χ1n) is 6.41. The van der Waals surface area contributed by atoms with E-state index in [2.05, 4.69) is 10.1 Å². The third-order valence-corrected chi connectivity index (χ3v) is 3.96. The van der Waals surface area contributed by atoms with E-state index >= 15 is 0 Å². The van der Waals surface area contributed by atoms with Crippen LogP contribution in [0.4, 0.5) is 0 Å². The molecule has 2 heterocycles. The van der Waals surface area contributed by atoms with Crippen LogP contribution >= 0.6 is 23.2 Å². The van der Waals surface area contributed by atoms with E-state index in [0.29, 0.717) is 26.8 Å². The molecule has 0 saturated heterocycles. The number of hydrogen-bond acceptors (Lipinski definition) is 3. The maximum Gasteiger partial charge on any atom is 0.354 e. The highest BCUT2D eigenvalue weighted by molar-refractivity contribution is 6.36. The van der Waals surface area contributed by atoms with E-state index in [1.165, 1.54) is 6.07 Å². The number of carboxylic acids is 1. The molecule has 0 amide bonds. The van der Waals surface area contributed by atoms with Crippen LogP contribution < -0.4 is 0 Å². The summed E-state index contributed by atoms with van der Waals surface area (Å²) in [6.45, 7) is 1.85. The Morgan fingerprint density at radius 3 is 2.59 bits per heavy atom. The quantitative estimate of drug-likeness (QED) is 0.769. The Bertz CT molecular complexity index is 919. The van der Waals surface area contributed by atoms with E-state index in [0.717, 1.165) is 11.1 Å². The topological polar surface area (TPSA) is 68.0 Å². The van der Waals surface area contributed by atoms with Gasteiger partial charge in [0.15, 0.2) is 11.3 Å². The van der Waals surface area contributed by atoms with E-state index < -0.39 is 5.97 Å². The number of pyridine rings is 1.